The van der Waals surface area contributed by atoms with Gasteiger partial charge in [0.15, 0.2) is 0 Å². The number of furan rings is 1. The third kappa shape index (κ3) is 5.04. The van der Waals surface area contributed by atoms with Crippen molar-refractivity contribution in [1.29, 1.82) is 0 Å². The van der Waals surface area contributed by atoms with Crippen LogP contribution in [0.2, 0.25) is 0 Å². The fourth-order valence-electron chi connectivity index (χ4n) is 2.54. The van der Waals surface area contributed by atoms with Crippen LogP contribution in [-0.4, -0.2) is 18.4 Å². The molecular weight excluding hydrogens is 349 g/mol. The molecule has 6 heteroatoms. The maximum Gasteiger partial charge on any atom is 0.375 e. The van der Waals surface area contributed by atoms with Crippen LogP contribution in [0.15, 0.2) is 77.4 Å². The maximum absolute atomic E-state index is 13.2. The van der Waals surface area contributed by atoms with Gasteiger partial charge in [-0.25, -0.2) is 9.18 Å². The summed E-state index contributed by atoms with van der Waals surface area (Å²) in [5.41, 5.74) is 1.44. The van der Waals surface area contributed by atoms with Crippen molar-refractivity contribution < 1.29 is 23.1 Å². The minimum atomic E-state index is -1.21. The Kier molecular flexibility index (Phi) is 5.99. The predicted octanol–water partition coefficient (Wildman–Crippen LogP) is 3.68. The summed E-state index contributed by atoms with van der Waals surface area (Å²) in [4.78, 5) is 24.8. The SMILES string of the molecule is O=C(O[C@@H](C(=O)NCCc1ccccc1)c1ccc(F)cc1)c1ccco1. The highest BCUT2D eigenvalue weighted by Gasteiger charge is 2.26. The van der Waals surface area contributed by atoms with Gasteiger partial charge in [0.1, 0.15) is 5.82 Å². The second-order valence-corrected chi connectivity index (χ2v) is 5.84. The molecule has 3 aromatic rings. The fourth-order valence-corrected chi connectivity index (χ4v) is 2.54. The fraction of sp³-hybridized carbons (Fsp3) is 0.143. The van der Waals surface area contributed by atoms with E-state index in [2.05, 4.69) is 5.32 Å². The number of esters is 1. The van der Waals surface area contributed by atoms with Crippen LogP contribution in [0.4, 0.5) is 4.39 Å². The number of benzene rings is 2. The molecule has 1 atom stereocenters. The van der Waals surface area contributed by atoms with E-state index in [1.807, 2.05) is 30.3 Å². The third-order valence-electron chi connectivity index (χ3n) is 3.91. The lowest BCUT2D eigenvalue weighted by atomic mass is 10.1. The van der Waals surface area contributed by atoms with Crippen LogP contribution in [0.5, 0.6) is 0 Å². The lowest BCUT2D eigenvalue weighted by molar-refractivity contribution is -0.130. The highest BCUT2D eigenvalue weighted by molar-refractivity contribution is 5.90. The molecule has 1 amide bonds. The zero-order valence-corrected chi connectivity index (χ0v) is 14.4. The quantitative estimate of drug-likeness (QED) is 0.647. The van der Waals surface area contributed by atoms with E-state index in [1.54, 1.807) is 6.07 Å². The second-order valence-electron chi connectivity index (χ2n) is 5.84. The molecule has 1 heterocycles. The monoisotopic (exact) mass is 367 g/mol. The van der Waals surface area contributed by atoms with Crippen molar-refractivity contribution in [3.05, 3.63) is 95.7 Å². The molecule has 0 saturated heterocycles. The van der Waals surface area contributed by atoms with Crippen LogP contribution in [0, 0.1) is 5.82 Å². The molecule has 5 nitrogen and oxygen atoms in total. The Labute approximate surface area is 155 Å². The first-order valence-corrected chi connectivity index (χ1v) is 8.45. The molecule has 0 aliphatic carbocycles. The average Bonchev–Trinajstić information content (AvgIpc) is 3.22. The number of halogens is 1. The Morgan fingerprint density at radius 1 is 1.00 bits per heavy atom. The van der Waals surface area contributed by atoms with Gasteiger partial charge in [-0.05, 0) is 36.2 Å². The molecule has 0 fully saturated rings. The Hall–Kier alpha value is -3.41. The van der Waals surface area contributed by atoms with E-state index in [1.165, 1.54) is 36.6 Å². The van der Waals surface area contributed by atoms with Crippen molar-refractivity contribution in [3.8, 4) is 0 Å². The first-order chi connectivity index (χ1) is 13.1. The summed E-state index contributed by atoms with van der Waals surface area (Å²) in [6.45, 7) is 0.374. The molecule has 0 spiro atoms. The van der Waals surface area contributed by atoms with Crippen LogP contribution in [0.3, 0.4) is 0 Å². The molecule has 138 valence electrons. The van der Waals surface area contributed by atoms with E-state index in [0.29, 0.717) is 18.5 Å². The van der Waals surface area contributed by atoms with Crippen molar-refractivity contribution in [2.24, 2.45) is 0 Å². The van der Waals surface area contributed by atoms with Gasteiger partial charge in [-0.3, -0.25) is 4.79 Å². The van der Waals surface area contributed by atoms with Crippen molar-refractivity contribution in [2.75, 3.05) is 6.54 Å². The Bertz CT molecular complexity index is 876. The number of amides is 1. The molecule has 0 saturated carbocycles. The Morgan fingerprint density at radius 2 is 1.74 bits per heavy atom. The van der Waals surface area contributed by atoms with Crippen LogP contribution >= 0.6 is 0 Å². The van der Waals surface area contributed by atoms with Gasteiger partial charge in [0, 0.05) is 12.1 Å². The number of carbonyl (C=O) groups excluding carboxylic acids is 2. The topological polar surface area (TPSA) is 68.5 Å². The number of rotatable bonds is 7. The maximum atomic E-state index is 13.2. The summed E-state index contributed by atoms with van der Waals surface area (Å²) in [5.74, 6) is -1.72. The Balaban J connectivity index is 1.69. The van der Waals surface area contributed by atoms with Gasteiger partial charge in [-0.1, -0.05) is 42.5 Å². The highest BCUT2D eigenvalue weighted by atomic mass is 19.1. The number of nitrogens with one attached hydrogen (secondary N) is 1. The van der Waals surface area contributed by atoms with Gasteiger partial charge in [-0.15, -0.1) is 0 Å². The van der Waals surface area contributed by atoms with Gasteiger partial charge in [0.05, 0.1) is 6.26 Å². The van der Waals surface area contributed by atoms with Crippen LogP contribution in [0.1, 0.15) is 27.8 Å². The van der Waals surface area contributed by atoms with Crippen LogP contribution in [0.25, 0.3) is 0 Å². The molecule has 0 aliphatic heterocycles. The van der Waals surface area contributed by atoms with Gasteiger partial charge in [0.25, 0.3) is 5.91 Å². The number of ether oxygens (including phenoxy) is 1. The minimum Gasteiger partial charge on any atom is -0.457 e. The summed E-state index contributed by atoms with van der Waals surface area (Å²) in [6, 6.07) is 17.9. The summed E-state index contributed by atoms with van der Waals surface area (Å²) >= 11 is 0. The average molecular weight is 367 g/mol. The van der Waals surface area contributed by atoms with Gasteiger partial charge >= 0.3 is 5.97 Å². The zero-order valence-electron chi connectivity index (χ0n) is 14.4. The second kappa shape index (κ2) is 8.80. The van der Waals surface area contributed by atoms with Crippen molar-refractivity contribution >= 4 is 11.9 Å². The van der Waals surface area contributed by atoms with Gasteiger partial charge < -0.3 is 14.5 Å². The highest BCUT2D eigenvalue weighted by Crippen LogP contribution is 2.20. The van der Waals surface area contributed by atoms with Gasteiger partial charge in [-0.2, -0.15) is 0 Å². The van der Waals surface area contributed by atoms with E-state index in [9.17, 15) is 14.0 Å². The first-order valence-electron chi connectivity index (χ1n) is 8.45. The number of hydrogen-bond donors (Lipinski definition) is 1. The van der Waals surface area contributed by atoms with Crippen LogP contribution < -0.4 is 5.32 Å². The zero-order chi connectivity index (χ0) is 19.1. The van der Waals surface area contributed by atoms with Crippen molar-refractivity contribution in [3.63, 3.8) is 0 Å². The van der Waals surface area contributed by atoms with Crippen LogP contribution in [-0.2, 0) is 16.0 Å². The molecule has 0 radical (unpaired) electrons. The lowest BCUT2D eigenvalue weighted by Crippen LogP contribution is -2.33. The lowest BCUT2D eigenvalue weighted by Gasteiger charge is -2.17. The predicted molar refractivity (Wildman–Crippen MR) is 96.4 cm³/mol. The van der Waals surface area contributed by atoms with Crippen molar-refractivity contribution in [2.45, 2.75) is 12.5 Å². The number of hydrogen-bond acceptors (Lipinski definition) is 4. The largest absolute Gasteiger partial charge is 0.457 e. The summed E-state index contributed by atoms with van der Waals surface area (Å²) in [6.07, 6.45) is 0.761. The molecule has 0 aliphatic rings. The molecule has 0 unspecified atom stereocenters. The summed E-state index contributed by atoms with van der Waals surface area (Å²) in [7, 11) is 0. The third-order valence-corrected chi connectivity index (χ3v) is 3.91. The minimum absolute atomic E-state index is 0.0146. The molecule has 0 bridgehead atoms. The standard InChI is InChI=1S/C21H18FNO4/c22-17-10-8-16(9-11-17)19(27-21(25)18-7-4-14-26-18)20(24)23-13-12-15-5-2-1-3-6-15/h1-11,14,19H,12-13H2,(H,23,24)/t19-/m1/s1. The summed E-state index contributed by atoms with van der Waals surface area (Å²) < 4.78 is 23.5. The Morgan fingerprint density at radius 3 is 2.41 bits per heavy atom. The molecule has 1 N–H and O–H groups in total. The molecule has 3 rings (SSSR count). The smallest absolute Gasteiger partial charge is 0.375 e. The molecule has 1 aromatic heterocycles. The van der Waals surface area contributed by atoms with E-state index in [0.717, 1.165) is 5.56 Å². The van der Waals surface area contributed by atoms with Crippen molar-refractivity contribution in [1.82, 2.24) is 5.32 Å². The molecule has 27 heavy (non-hydrogen) atoms. The van der Waals surface area contributed by atoms with Gasteiger partial charge in [0.2, 0.25) is 11.9 Å². The van der Waals surface area contributed by atoms with E-state index >= 15 is 0 Å². The number of carbonyl (C=O) groups is 2. The normalized spacial score (nSPS) is 11.6. The molecule has 2 aromatic carbocycles. The first kappa shape index (κ1) is 18.4. The summed E-state index contributed by atoms with van der Waals surface area (Å²) in [5, 5.41) is 2.75. The van der Waals surface area contributed by atoms with E-state index in [-0.39, 0.29) is 5.76 Å². The molecular formula is C21H18FNO4. The van der Waals surface area contributed by atoms with E-state index < -0.39 is 23.8 Å². The van der Waals surface area contributed by atoms with E-state index in [4.69, 9.17) is 9.15 Å².